The van der Waals surface area contributed by atoms with Gasteiger partial charge in [-0.05, 0) is 17.5 Å². The summed E-state index contributed by atoms with van der Waals surface area (Å²) in [6.07, 6.45) is 0. The minimum absolute atomic E-state index is 0.176. The van der Waals surface area contributed by atoms with Gasteiger partial charge in [-0.15, -0.1) is 0 Å². The number of nitrogens with zero attached hydrogens (tertiary/aromatic N) is 2. The second-order valence-corrected chi connectivity index (χ2v) is 7.02. The van der Waals surface area contributed by atoms with Crippen molar-refractivity contribution >= 4 is 64.0 Å². The molecule has 0 saturated heterocycles. The van der Waals surface area contributed by atoms with Crippen LogP contribution >= 0.6 is 12.2 Å². The van der Waals surface area contributed by atoms with Crippen LogP contribution in [0.1, 0.15) is 0 Å². The third kappa shape index (κ3) is 1.40. The van der Waals surface area contributed by atoms with Crippen molar-refractivity contribution in [3.05, 3.63) is 15.1 Å². The van der Waals surface area contributed by atoms with Crippen LogP contribution in [0.2, 0.25) is 0 Å². The first-order chi connectivity index (χ1) is 5.46. The fraction of sp³-hybridized carbons (Fsp3) is 0. The van der Waals surface area contributed by atoms with Gasteiger partial charge in [0.25, 0.3) is 0 Å². The lowest BCUT2D eigenvalue weighted by Crippen LogP contribution is -2.49. The predicted octanol–water partition coefficient (Wildman–Crippen LogP) is -6.38. The van der Waals surface area contributed by atoms with E-state index in [2.05, 4.69) is 4.23 Å². The molecule has 0 unspecified atom stereocenters. The molecule has 66 valence electrons. The Hall–Kier alpha value is -0.0325. The van der Waals surface area contributed by atoms with Crippen molar-refractivity contribution < 1.29 is 0 Å². The zero-order valence-electron chi connectivity index (χ0n) is 7.71. The number of hydrogen-bond donors (Lipinski definition) is 0. The van der Waals surface area contributed by atoms with E-state index in [0.717, 1.165) is 40.8 Å². The molecule has 12 heavy (non-hydrogen) atoms. The first kappa shape index (κ1) is 10.1. The lowest BCUT2D eigenvalue weighted by atomic mass is 10.6. The summed E-state index contributed by atoms with van der Waals surface area (Å²) in [7, 11) is 3.41. The van der Waals surface area contributed by atoms with Crippen LogP contribution in [0, 0.1) is 4.77 Å². The highest BCUT2D eigenvalue weighted by atomic mass is 32.1. The molecule has 3 nitrogen and oxygen atoms in total. The maximum atomic E-state index is 11.6. The van der Waals surface area contributed by atoms with Gasteiger partial charge < -0.3 is 8.47 Å². The zero-order valence-corrected chi connectivity index (χ0v) is 16.5. The fourth-order valence-electron chi connectivity index (χ4n) is 1.11. The van der Waals surface area contributed by atoms with E-state index in [1.54, 1.807) is 4.23 Å². The van der Waals surface area contributed by atoms with Gasteiger partial charge in [0, 0.05) is 15.4 Å². The second-order valence-electron chi connectivity index (χ2n) is 2.92. The summed E-state index contributed by atoms with van der Waals surface area (Å²) in [4.78, 5) is 11.6. The van der Waals surface area contributed by atoms with E-state index < -0.39 is 0 Å². The van der Waals surface area contributed by atoms with E-state index in [0.29, 0.717) is 10.4 Å². The largest absolute Gasteiger partial charge is 0.364 e. The van der Waals surface area contributed by atoms with Crippen molar-refractivity contribution in [2.75, 3.05) is 0 Å². The molecule has 1 rings (SSSR count). The Bertz CT molecular complexity index is 399. The molecule has 1 heterocycles. The summed E-state index contributed by atoms with van der Waals surface area (Å²) in [5, 5.41) is 2.25. The minimum atomic E-state index is 0.176. The Labute approximate surface area is 87.7 Å². The van der Waals surface area contributed by atoms with Crippen LogP contribution in [0.25, 0.3) is 0 Å². The number of hydrogen-bond acceptors (Lipinski definition) is 2. The van der Waals surface area contributed by atoms with Gasteiger partial charge in [0.05, 0.1) is 10.2 Å². The molecule has 8 heteroatoms. The van der Waals surface area contributed by atoms with Gasteiger partial charge in [-0.1, -0.05) is 0 Å². The van der Waals surface area contributed by atoms with Crippen LogP contribution in [0.4, 0.5) is 0 Å². The molecule has 0 aliphatic carbocycles. The van der Waals surface area contributed by atoms with Crippen molar-refractivity contribution in [1.29, 1.82) is 0 Å². The second kappa shape index (κ2) is 3.38. The highest BCUT2D eigenvalue weighted by Crippen LogP contribution is 1.76. The first-order valence-electron chi connectivity index (χ1n) is 3.70. The van der Waals surface area contributed by atoms with Gasteiger partial charge in [0.15, 0.2) is 4.77 Å². The fourth-order valence-corrected chi connectivity index (χ4v) is 5.16. The van der Waals surface area contributed by atoms with Crippen LogP contribution in [0.5, 0.6) is 0 Å². The predicted molar refractivity (Wildman–Crippen MR) is 69.3 cm³/mol. The quantitative estimate of drug-likeness (QED) is 0.337. The number of rotatable bonds is 0. The third-order valence-corrected chi connectivity index (χ3v) is 9.83. The average Bonchev–Trinajstić information content (AvgIpc) is 2.08. The molecule has 0 atom stereocenters. The molecule has 0 N–H and O–H groups in total. The molecule has 0 aliphatic heterocycles. The molecule has 0 saturated carbocycles. The van der Waals surface area contributed by atoms with Gasteiger partial charge in [-0.3, -0.25) is 4.79 Å². The van der Waals surface area contributed by atoms with Crippen molar-refractivity contribution in [2.24, 2.45) is 0 Å². The Balaban J connectivity index is 3.86. The Morgan fingerprint density at radius 3 is 2.17 bits per heavy atom. The van der Waals surface area contributed by atoms with Crippen LogP contribution in [-0.2, 0) is 0 Å². The van der Waals surface area contributed by atoms with Crippen molar-refractivity contribution in [1.82, 2.24) is 8.47 Å². The van der Waals surface area contributed by atoms with E-state index in [1.165, 1.54) is 5.32 Å². The summed E-state index contributed by atoms with van der Waals surface area (Å²) < 4.78 is 4.56. The Morgan fingerprint density at radius 2 is 1.67 bits per heavy atom. The average molecular weight is 249 g/mol. The SMILES string of the molecule is O=c1c([SiH3])c([SiH3])n([SiH3])c(=S)n1[SiH3]. The maximum absolute atomic E-state index is 11.6. The highest BCUT2D eigenvalue weighted by Gasteiger charge is 2.03. The van der Waals surface area contributed by atoms with Gasteiger partial charge in [-0.2, -0.15) is 0 Å². The summed E-state index contributed by atoms with van der Waals surface area (Å²) >= 11 is 5.16. The molecular formula is C4H12N2OSSi4. The van der Waals surface area contributed by atoms with E-state index in [1.807, 2.05) is 0 Å². The minimum Gasteiger partial charge on any atom is -0.364 e. The standard InChI is InChI=1S/C4H12N2OSSi4/c7-2-1(9)3(10)6(12)4(8)5(2)11/h9-12H3. The van der Waals surface area contributed by atoms with Gasteiger partial charge in [0.1, 0.15) is 20.8 Å². The molecule has 0 amide bonds. The smallest absolute Gasteiger partial charge is 0.243 e. The molecule has 0 spiro atoms. The summed E-state index contributed by atoms with van der Waals surface area (Å²) in [6, 6.07) is 0. The normalized spacial score (nSPS) is 11.3. The molecular weight excluding hydrogens is 236 g/mol. The lowest BCUT2D eigenvalue weighted by Gasteiger charge is -2.11. The highest BCUT2D eigenvalue weighted by molar-refractivity contribution is 7.71. The topological polar surface area (TPSA) is 26.9 Å². The Morgan fingerprint density at radius 1 is 1.17 bits per heavy atom. The van der Waals surface area contributed by atoms with Gasteiger partial charge >= 0.3 is 0 Å². The van der Waals surface area contributed by atoms with Crippen LogP contribution in [-0.4, -0.2) is 49.8 Å². The third-order valence-electron chi connectivity index (χ3n) is 2.25. The lowest BCUT2D eigenvalue weighted by molar-refractivity contribution is 1.00. The molecule has 0 radical (unpaired) electrons. The van der Waals surface area contributed by atoms with Crippen LogP contribution < -0.4 is 16.1 Å². The summed E-state index contributed by atoms with van der Waals surface area (Å²) in [5.41, 5.74) is 0.176. The molecule has 1 aromatic rings. The van der Waals surface area contributed by atoms with Crippen LogP contribution in [0.3, 0.4) is 0 Å². The van der Waals surface area contributed by atoms with E-state index in [9.17, 15) is 4.79 Å². The molecule has 0 fully saturated rings. The van der Waals surface area contributed by atoms with Crippen LogP contribution in [0.15, 0.2) is 4.79 Å². The Kier molecular flexibility index (Phi) is 2.83. The van der Waals surface area contributed by atoms with Gasteiger partial charge in [0.2, 0.25) is 5.56 Å². The number of aromatic nitrogens is 2. The van der Waals surface area contributed by atoms with Crippen molar-refractivity contribution in [3.8, 4) is 0 Å². The van der Waals surface area contributed by atoms with Crippen molar-refractivity contribution in [2.45, 2.75) is 0 Å². The summed E-state index contributed by atoms with van der Waals surface area (Å²) in [6.45, 7) is 0. The van der Waals surface area contributed by atoms with E-state index >= 15 is 0 Å². The molecule has 0 bridgehead atoms. The maximum Gasteiger partial charge on any atom is 0.243 e. The van der Waals surface area contributed by atoms with E-state index in [4.69, 9.17) is 12.2 Å². The summed E-state index contributed by atoms with van der Waals surface area (Å²) in [5.74, 6) is 0. The molecule has 1 aromatic heterocycles. The monoisotopic (exact) mass is 248 g/mol. The van der Waals surface area contributed by atoms with Crippen molar-refractivity contribution in [3.63, 3.8) is 0 Å². The molecule has 0 aromatic carbocycles. The first-order valence-corrected chi connectivity index (χ1v) is 7.89. The van der Waals surface area contributed by atoms with Gasteiger partial charge in [-0.25, -0.2) is 0 Å². The van der Waals surface area contributed by atoms with E-state index in [-0.39, 0.29) is 5.56 Å². The zero-order chi connectivity index (χ0) is 9.46. The molecule has 0 aliphatic rings.